The van der Waals surface area contributed by atoms with Crippen LogP contribution in [0, 0.1) is 5.92 Å². The third kappa shape index (κ3) is 3.90. The van der Waals surface area contributed by atoms with Gasteiger partial charge in [-0.2, -0.15) is 0 Å². The molecule has 1 atom stereocenters. The lowest BCUT2D eigenvalue weighted by Crippen LogP contribution is -2.25. The first kappa shape index (κ1) is 14.2. The van der Waals surface area contributed by atoms with E-state index in [0.29, 0.717) is 5.92 Å². The van der Waals surface area contributed by atoms with Crippen LogP contribution in [0.25, 0.3) is 11.1 Å². The number of pyridine rings is 1. The summed E-state index contributed by atoms with van der Waals surface area (Å²) >= 11 is 0. The van der Waals surface area contributed by atoms with Crippen LogP contribution in [0.1, 0.15) is 12.0 Å². The predicted octanol–water partition coefficient (Wildman–Crippen LogP) is 3.22. The van der Waals surface area contributed by atoms with Crippen molar-refractivity contribution in [1.82, 2.24) is 9.88 Å². The summed E-state index contributed by atoms with van der Waals surface area (Å²) in [5, 5.41) is 0. The lowest BCUT2D eigenvalue weighted by atomic mass is 10.0. The molecule has 0 radical (unpaired) electrons. The molecule has 0 N–H and O–H groups in total. The zero-order chi connectivity index (χ0) is 14.5. The molecule has 1 aliphatic rings. The van der Waals surface area contributed by atoms with Gasteiger partial charge in [0.15, 0.2) is 0 Å². The van der Waals surface area contributed by atoms with Gasteiger partial charge in [0.2, 0.25) is 0 Å². The molecular formula is C18H22N2O. The Balaban J connectivity index is 1.65. The topological polar surface area (TPSA) is 25.4 Å². The minimum absolute atomic E-state index is 0.691. The SMILES string of the molecule is CN(Cc1cccc(-c2cccnc2)c1)CC1CCOC1. The molecule has 21 heavy (non-hydrogen) atoms. The van der Waals surface area contributed by atoms with Crippen LogP contribution in [0.5, 0.6) is 0 Å². The first-order valence-electron chi connectivity index (χ1n) is 7.57. The molecule has 1 unspecified atom stereocenters. The molecule has 0 amide bonds. The van der Waals surface area contributed by atoms with Crippen LogP contribution in [0.2, 0.25) is 0 Å². The van der Waals surface area contributed by atoms with Crippen LogP contribution in [0.15, 0.2) is 48.8 Å². The number of aromatic nitrogens is 1. The minimum atomic E-state index is 0.691. The highest BCUT2D eigenvalue weighted by molar-refractivity contribution is 5.62. The largest absolute Gasteiger partial charge is 0.381 e. The molecule has 1 aromatic carbocycles. The third-order valence-corrected chi connectivity index (χ3v) is 3.97. The van der Waals surface area contributed by atoms with Gasteiger partial charge in [0.05, 0.1) is 6.61 Å². The molecule has 0 bridgehead atoms. The van der Waals surface area contributed by atoms with Crippen molar-refractivity contribution in [3.63, 3.8) is 0 Å². The molecule has 110 valence electrons. The summed E-state index contributed by atoms with van der Waals surface area (Å²) in [6.07, 6.45) is 4.92. The first-order valence-corrected chi connectivity index (χ1v) is 7.57. The normalized spacial score (nSPS) is 18.3. The molecule has 3 heteroatoms. The second kappa shape index (κ2) is 6.83. The van der Waals surface area contributed by atoms with Crippen molar-refractivity contribution in [2.24, 2.45) is 5.92 Å². The van der Waals surface area contributed by atoms with E-state index >= 15 is 0 Å². The van der Waals surface area contributed by atoms with Gasteiger partial charge in [0.25, 0.3) is 0 Å². The van der Waals surface area contributed by atoms with Crippen LogP contribution < -0.4 is 0 Å². The van der Waals surface area contributed by atoms with Gasteiger partial charge in [0, 0.05) is 32.1 Å². The number of ether oxygens (including phenoxy) is 1. The summed E-state index contributed by atoms with van der Waals surface area (Å²) in [6, 6.07) is 12.8. The number of nitrogens with zero attached hydrogens (tertiary/aromatic N) is 2. The van der Waals surface area contributed by atoms with Gasteiger partial charge in [-0.15, -0.1) is 0 Å². The smallest absolute Gasteiger partial charge is 0.0507 e. The van der Waals surface area contributed by atoms with Crippen molar-refractivity contribution >= 4 is 0 Å². The number of rotatable bonds is 5. The van der Waals surface area contributed by atoms with E-state index in [1.54, 1.807) is 0 Å². The molecule has 1 aliphatic heterocycles. The lowest BCUT2D eigenvalue weighted by molar-refractivity contribution is 0.173. The summed E-state index contributed by atoms with van der Waals surface area (Å²) in [6.45, 7) is 3.93. The fraction of sp³-hybridized carbons (Fsp3) is 0.389. The Morgan fingerprint density at radius 2 is 2.14 bits per heavy atom. The van der Waals surface area contributed by atoms with Gasteiger partial charge in [0.1, 0.15) is 0 Å². The molecule has 0 aliphatic carbocycles. The Morgan fingerprint density at radius 3 is 2.90 bits per heavy atom. The summed E-state index contributed by atoms with van der Waals surface area (Å²) in [5.41, 5.74) is 3.75. The quantitative estimate of drug-likeness (QED) is 0.842. The maximum absolute atomic E-state index is 5.45. The van der Waals surface area contributed by atoms with Gasteiger partial charge < -0.3 is 9.64 Å². The molecular weight excluding hydrogens is 260 g/mol. The Kier molecular flexibility index (Phi) is 4.63. The fourth-order valence-corrected chi connectivity index (χ4v) is 2.93. The van der Waals surface area contributed by atoms with E-state index in [2.05, 4.69) is 47.3 Å². The lowest BCUT2D eigenvalue weighted by Gasteiger charge is -2.20. The highest BCUT2D eigenvalue weighted by Crippen LogP contribution is 2.20. The molecule has 2 aromatic rings. The molecule has 1 fully saturated rings. The monoisotopic (exact) mass is 282 g/mol. The van der Waals surface area contributed by atoms with Crippen LogP contribution in [0.3, 0.4) is 0 Å². The van der Waals surface area contributed by atoms with Gasteiger partial charge >= 0.3 is 0 Å². The van der Waals surface area contributed by atoms with Crippen molar-refractivity contribution < 1.29 is 4.74 Å². The van der Waals surface area contributed by atoms with Crippen molar-refractivity contribution in [3.05, 3.63) is 54.4 Å². The number of hydrogen-bond acceptors (Lipinski definition) is 3. The third-order valence-electron chi connectivity index (χ3n) is 3.97. The molecule has 2 heterocycles. The van der Waals surface area contributed by atoms with E-state index in [0.717, 1.165) is 26.3 Å². The van der Waals surface area contributed by atoms with E-state index in [4.69, 9.17) is 4.74 Å². The Bertz CT molecular complexity index is 564. The molecule has 3 nitrogen and oxygen atoms in total. The number of benzene rings is 1. The summed E-state index contributed by atoms with van der Waals surface area (Å²) in [4.78, 5) is 6.59. The van der Waals surface area contributed by atoms with Crippen LogP contribution >= 0.6 is 0 Å². The van der Waals surface area contributed by atoms with E-state index in [-0.39, 0.29) is 0 Å². The standard InChI is InChI=1S/C18H22N2O/c1-20(13-16-7-9-21-14-16)12-15-4-2-5-17(10-15)18-6-3-8-19-11-18/h2-6,8,10-11,16H,7,9,12-14H2,1H3. The zero-order valence-corrected chi connectivity index (χ0v) is 12.5. The summed E-state index contributed by atoms with van der Waals surface area (Å²) in [5.74, 6) is 0.691. The van der Waals surface area contributed by atoms with Crippen LogP contribution in [-0.4, -0.2) is 36.7 Å². The maximum Gasteiger partial charge on any atom is 0.0507 e. The minimum Gasteiger partial charge on any atom is -0.381 e. The van der Waals surface area contributed by atoms with Crippen LogP contribution in [-0.2, 0) is 11.3 Å². The molecule has 3 rings (SSSR count). The van der Waals surface area contributed by atoms with Crippen molar-refractivity contribution in [1.29, 1.82) is 0 Å². The molecule has 0 spiro atoms. The molecule has 0 saturated carbocycles. The van der Waals surface area contributed by atoms with Crippen molar-refractivity contribution in [2.75, 3.05) is 26.8 Å². The first-order chi connectivity index (χ1) is 10.3. The van der Waals surface area contributed by atoms with Gasteiger partial charge in [-0.3, -0.25) is 4.98 Å². The second-order valence-corrected chi connectivity index (χ2v) is 5.87. The van der Waals surface area contributed by atoms with Crippen LogP contribution in [0.4, 0.5) is 0 Å². The number of hydrogen-bond donors (Lipinski definition) is 0. The van der Waals surface area contributed by atoms with E-state index in [1.165, 1.54) is 23.1 Å². The van der Waals surface area contributed by atoms with E-state index < -0.39 is 0 Å². The van der Waals surface area contributed by atoms with E-state index in [1.807, 2.05) is 18.5 Å². The zero-order valence-electron chi connectivity index (χ0n) is 12.5. The second-order valence-electron chi connectivity index (χ2n) is 5.87. The van der Waals surface area contributed by atoms with Gasteiger partial charge in [-0.05, 0) is 48.2 Å². The van der Waals surface area contributed by atoms with Crippen molar-refractivity contribution in [2.45, 2.75) is 13.0 Å². The predicted molar refractivity (Wildman–Crippen MR) is 84.9 cm³/mol. The maximum atomic E-state index is 5.45. The van der Waals surface area contributed by atoms with Crippen molar-refractivity contribution in [3.8, 4) is 11.1 Å². The summed E-state index contributed by atoms with van der Waals surface area (Å²) in [7, 11) is 2.19. The average Bonchev–Trinajstić information content (AvgIpc) is 3.01. The Labute approximate surface area is 126 Å². The fourth-order valence-electron chi connectivity index (χ4n) is 2.93. The van der Waals surface area contributed by atoms with E-state index in [9.17, 15) is 0 Å². The highest BCUT2D eigenvalue weighted by Gasteiger charge is 2.17. The van der Waals surface area contributed by atoms with Gasteiger partial charge in [-0.25, -0.2) is 0 Å². The van der Waals surface area contributed by atoms with Gasteiger partial charge in [-0.1, -0.05) is 24.3 Å². The summed E-state index contributed by atoms with van der Waals surface area (Å²) < 4.78 is 5.45. The molecule has 1 aromatic heterocycles. The molecule has 1 saturated heterocycles. The Morgan fingerprint density at radius 1 is 1.24 bits per heavy atom. The highest BCUT2D eigenvalue weighted by atomic mass is 16.5. The average molecular weight is 282 g/mol. The Hall–Kier alpha value is -1.71.